The first-order valence-corrected chi connectivity index (χ1v) is 8.64. The third-order valence-electron chi connectivity index (χ3n) is 5.18. The van der Waals surface area contributed by atoms with Crippen molar-refractivity contribution in [1.29, 1.82) is 0 Å². The number of para-hydroxylation sites is 1. The van der Waals surface area contributed by atoms with Crippen LogP contribution < -0.4 is 4.74 Å². The Morgan fingerprint density at radius 1 is 1.16 bits per heavy atom. The largest absolute Gasteiger partial charge is 0.496 e. The summed E-state index contributed by atoms with van der Waals surface area (Å²) in [7, 11) is 1.59. The first-order valence-electron chi connectivity index (χ1n) is 8.64. The smallest absolute Gasteiger partial charge is 0.150 e. The number of halogens is 1. The van der Waals surface area contributed by atoms with Gasteiger partial charge in [0, 0.05) is 22.2 Å². The van der Waals surface area contributed by atoms with Crippen LogP contribution in [0.1, 0.15) is 40.0 Å². The fourth-order valence-corrected chi connectivity index (χ4v) is 4.03. The molecule has 4 rings (SSSR count). The van der Waals surface area contributed by atoms with E-state index in [9.17, 15) is 9.18 Å². The van der Waals surface area contributed by atoms with E-state index in [0.29, 0.717) is 23.4 Å². The van der Waals surface area contributed by atoms with Gasteiger partial charge in [-0.1, -0.05) is 24.3 Å². The summed E-state index contributed by atoms with van der Waals surface area (Å²) in [6.45, 7) is 0.435. The van der Waals surface area contributed by atoms with Gasteiger partial charge >= 0.3 is 0 Å². The van der Waals surface area contributed by atoms with E-state index in [-0.39, 0.29) is 5.82 Å². The monoisotopic (exact) mass is 337 g/mol. The zero-order chi connectivity index (χ0) is 17.4. The van der Waals surface area contributed by atoms with Crippen LogP contribution >= 0.6 is 0 Å². The Morgan fingerprint density at radius 3 is 2.76 bits per heavy atom. The molecule has 0 atom stereocenters. The summed E-state index contributed by atoms with van der Waals surface area (Å²) in [6.07, 6.45) is 5.00. The van der Waals surface area contributed by atoms with E-state index in [1.807, 2.05) is 16.7 Å². The van der Waals surface area contributed by atoms with Crippen LogP contribution in [0.5, 0.6) is 5.75 Å². The average molecular weight is 337 g/mol. The van der Waals surface area contributed by atoms with Crippen molar-refractivity contribution in [1.82, 2.24) is 4.57 Å². The molecule has 0 N–H and O–H groups in total. The molecule has 0 bridgehead atoms. The second kappa shape index (κ2) is 6.36. The Kier molecular flexibility index (Phi) is 4.04. The number of rotatable bonds is 4. The van der Waals surface area contributed by atoms with Crippen molar-refractivity contribution in [3.63, 3.8) is 0 Å². The topological polar surface area (TPSA) is 31.2 Å². The molecular formula is C21H20FNO2. The molecule has 128 valence electrons. The van der Waals surface area contributed by atoms with Gasteiger partial charge in [-0.05, 0) is 43.4 Å². The molecule has 0 spiro atoms. The Morgan fingerprint density at radius 2 is 1.96 bits per heavy atom. The number of aldehydes is 1. The highest BCUT2D eigenvalue weighted by atomic mass is 19.1. The van der Waals surface area contributed by atoms with Crippen LogP contribution in [0.4, 0.5) is 4.39 Å². The fourth-order valence-electron chi connectivity index (χ4n) is 4.03. The molecule has 1 aromatic heterocycles. The summed E-state index contributed by atoms with van der Waals surface area (Å²) in [5, 5.41) is 0.997. The molecule has 0 radical (unpaired) electrons. The molecule has 1 aliphatic rings. The summed E-state index contributed by atoms with van der Waals surface area (Å²) in [5.74, 6) is 0.446. The van der Waals surface area contributed by atoms with Gasteiger partial charge in [0.1, 0.15) is 11.6 Å². The number of carbonyl (C=O) groups is 1. The molecule has 1 heterocycles. The van der Waals surface area contributed by atoms with Crippen LogP contribution in [0, 0.1) is 5.82 Å². The molecule has 3 aromatic rings. The van der Waals surface area contributed by atoms with Gasteiger partial charge in [-0.25, -0.2) is 4.39 Å². The predicted octanol–water partition coefficient (Wildman–Crippen LogP) is 4.53. The summed E-state index contributed by atoms with van der Waals surface area (Å²) in [4.78, 5) is 11.5. The maximum atomic E-state index is 14.7. The standard InChI is InChI=1S/C21H20FNO2/c1-25-20-11-4-6-14(13-24)17(20)12-23-19-10-3-2-7-15(19)16-8-5-9-18(22)21(16)23/h4-6,8-9,11,13H,2-3,7,10,12H2,1H3. The number of aromatic nitrogens is 1. The lowest BCUT2D eigenvalue weighted by Gasteiger charge is -2.18. The highest BCUT2D eigenvalue weighted by molar-refractivity contribution is 5.87. The average Bonchev–Trinajstić information content (AvgIpc) is 2.97. The lowest BCUT2D eigenvalue weighted by atomic mass is 9.95. The second-order valence-electron chi connectivity index (χ2n) is 6.50. The minimum absolute atomic E-state index is 0.213. The molecule has 0 saturated heterocycles. The number of aryl methyl sites for hydroxylation is 1. The number of nitrogens with zero attached hydrogens (tertiary/aromatic N) is 1. The molecule has 1 aliphatic carbocycles. The quantitative estimate of drug-likeness (QED) is 0.655. The number of benzene rings is 2. The lowest BCUT2D eigenvalue weighted by Crippen LogP contribution is -2.11. The van der Waals surface area contributed by atoms with Crippen LogP contribution in [0.2, 0.25) is 0 Å². The minimum Gasteiger partial charge on any atom is -0.496 e. The summed E-state index contributed by atoms with van der Waals surface area (Å²) in [6, 6.07) is 10.7. The van der Waals surface area contributed by atoms with Crippen molar-refractivity contribution in [2.24, 2.45) is 0 Å². The predicted molar refractivity (Wildman–Crippen MR) is 96.0 cm³/mol. The van der Waals surface area contributed by atoms with Gasteiger partial charge in [-0.2, -0.15) is 0 Å². The van der Waals surface area contributed by atoms with E-state index >= 15 is 0 Å². The Hall–Kier alpha value is -2.62. The van der Waals surface area contributed by atoms with Crippen LogP contribution in [0.15, 0.2) is 36.4 Å². The van der Waals surface area contributed by atoms with Crippen LogP contribution in [-0.2, 0) is 19.4 Å². The van der Waals surface area contributed by atoms with Crippen molar-refractivity contribution in [2.45, 2.75) is 32.2 Å². The van der Waals surface area contributed by atoms with Crippen molar-refractivity contribution >= 4 is 17.2 Å². The Bertz CT molecular complexity index is 958. The minimum atomic E-state index is -0.213. The van der Waals surface area contributed by atoms with E-state index in [4.69, 9.17) is 4.74 Å². The molecule has 3 nitrogen and oxygen atoms in total. The van der Waals surface area contributed by atoms with E-state index in [1.54, 1.807) is 25.3 Å². The number of ether oxygens (including phenoxy) is 1. The van der Waals surface area contributed by atoms with Gasteiger partial charge in [0.25, 0.3) is 0 Å². The van der Waals surface area contributed by atoms with Crippen molar-refractivity contribution in [3.05, 3.63) is 64.6 Å². The van der Waals surface area contributed by atoms with Crippen LogP contribution in [0.25, 0.3) is 10.9 Å². The summed E-state index contributed by atoms with van der Waals surface area (Å²) >= 11 is 0. The maximum Gasteiger partial charge on any atom is 0.150 e. The van der Waals surface area contributed by atoms with Gasteiger partial charge < -0.3 is 9.30 Å². The first-order chi connectivity index (χ1) is 12.2. The molecule has 25 heavy (non-hydrogen) atoms. The van der Waals surface area contributed by atoms with Crippen molar-refractivity contribution < 1.29 is 13.9 Å². The normalized spacial score (nSPS) is 13.7. The molecule has 0 fully saturated rings. The highest BCUT2D eigenvalue weighted by Crippen LogP contribution is 2.35. The lowest BCUT2D eigenvalue weighted by molar-refractivity contribution is 0.112. The highest BCUT2D eigenvalue weighted by Gasteiger charge is 2.23. The Labute approximate surface area is 146 Å². The van der Waals surface area contributed by atoms with Crippen LogP contribution in [0.3, 0.4) is 0 Å². The first kappa shape index (κ1) is 15.9. The van der Waals surface area contributed by atoms with E-state index in [0.717, 1.165) is 42.9 Å². The molecule has 0 unspecified atom stereocenters. The molecule has 0 saturated carbocycles. The SMILES string of the molecule is COc1cccc(C=O)c1Cn1c2c(c3cccc(F)c31)CCCC2. The van der Waals surface area contributed by atoms with E-state index in [1.165, 1.54) is 17.3 Å². The number of fused-ring (bicyclic) bond motifs is 3. The number of methoxy groups -OCH3 is 1. The van der Waals surface area contributed by atoms with Crippen LogP contribution in [-0.4, -0.2) is 18.0 Å². The molecule has 2 aromatic carbocycles. The van der Waals surface area contributed by atoms with Crippen molar-refractivity contribution in [3.8, 4) is 5.75 Å². The van der Waals surface area contributed by atoms with Crippen molar-refractivity contribution in [2.75, 3.05) is 7.11 Å². The van der Waals surface area contributed by atoms with Gasteiger partial charge in [-0.3, -0.25) is 4.79 Å². The molecular weight excluding hydrogens is 317 g/mol. The maximum absolute atomic E-state index is 14.7. The van der Waals surface area contributed by atoms with Gasteiger partial charge in [0.15, 0.2) is 6.29 Å². The molecule has 0 aliphatic heterocycles. The number of carbonyl (C=O) groups excluding carboxylic acids is 1. The van der Waals surface area contributed by atoms with Gasteiger partial charge in [0.2, 0.25) is 0 Å². The third kappa shape index (κ3) is 2.53. The summed E-state index contributed by atoms with van der Waals surface area (Å²) < 4.78 is 22.2. The van der Waals surface area contributed by atoms with E-state index < -0.39 is 0 Å². The molecule has 0 amide bonds. The molecule has 4 heteroatoms. The van der Waals surface area contributed by atoms with Gasteiger partial charge in [-0.15, -0.1) is 0 Å². The number of hydrogen-bond acceptors (Lipinski definition) is 2. The second-order valence-corrected chi connectivity index (χ2v) is 6.50. The zero-order valence-corrected chi connectivity index (χ0v) is 14.2. The fraction of sp³-hybridized carbons (Fsp3) is 0.286. The zero-order valence-electron chi connectivity index (χ0n) is 14.2. The third-order valence-corrected chi connectivity index (χ3v) is 5.18. The van der Waals surface area contributed by atoms with E-state index in [2.05, 4.69) is 0 Å². The van der Waals surface area contributed by atoms with Gasteiger partial charge in [0.05, 0.1) is 19.2 Å². The number of hydrogen-bond donors (Lipinski definition) is 0. The Balaban J connectivity index is 1.96. The summed E-state index contributed by atoms with van der Waals surface area (Å²) in [5.41, 5.74) is 4.46.